The highest BCUT2D eigenvalue weighted by molar-refractivity contribution is 4.73. The number of hydrogen-bond donors (Lipinski definition) is 3. The van der Waals surface area contributed by atoms with E-state index in [2.05, 4.69) is 5.43 Å². The molecule has 0 aliphatic heterocycles. The topological polar surface area (TPSA) is 64.1 Å². The lowest BCUT2D eigenvalue weighted by Gasteiger charge is -2.27. The molecule has 0 saturated heterocycles. The van der Waals surface area contributed by atoms with Gasteiger partial charge in [-0.3, -0.25) is 11.3 Å². The summed E-state index contributed by atoms with van der Waals surface area (Å²) in [7, 11) is 0. The first kappa shape index (κ1) is 8.97. The van der Waals surface area contributed by atoms with Crippen LogP contribution in [-0.4, -0.2) is 13.1 Å². The van der Waals surface area contributed by atoms with E-state index in [0.29, 0.717) is 0 Å². The Hall–Kier alpha value is -0.120. The Morgan fingerprint density at radius 3 is 2.09 bits per heavy atom. The largest absolute Gasteiger partial charge is 0.330 e. The minimum absolute atomic E-state index is 0.782. The average Bonchev–Trinajstić information content (AvgIpc) is 2.07. The van der Waals surface area contributed by atoms with Crippen molar-refractivity contribution in [1.82, 2.24) is 5.43 Å². The van der Waals surface area contributed by atoms with Gasteiger partial charge in [0.05, 0.1) is 0 Å². The highest BCUT2D eigenvalue weighted by atomic mass is 15.2. The number of nitrogens with one attached hydrogen (secondary N) is 1. The molecule has 0 aromatic carbocycles. The fourth-order valence-electron chi connectivity index (χ4n) is 1.84. The molecule has 0 aromatic heterocycles. The quantitative estimate of drug-likeness (QED) is 0.405. The Kier molecular flexibility index (Phi) is 3.83. The molecule has 11 heavy (non-hydrogen) atoms. The van der Waals surface area contributed by atoms with Gasteiger partial charge < -0.3 is 5.73 Å². The maximum Gasteiger partial charge on any atom is 0.0126 e. The SMILES string of the molecule is NCC1CCC(CNN)CC1. The van der Waals surface area contributed by atoms with Crippen molar-refractivity contribution in [3.05, 3.63) is 0 Å². The fraction of sp³-hybridized carbons (Fsp3) is 1.00. The van der Waals surface area contributed by atoms with E-state index in [1.807, 2.05) is 0 Å². The molecule has 0 unspecified atom stereocenters. The van der Waals surface area contributed by atoms with E-state index in [-0.39, 0.29) is 0 Å². The Bertz CT molecular complexity index is 97.5. The van der Waals surface area contributed by atoms with Gasteiger partial charge in [-0.1, -0.05) is 0 Å². The van der Waals surface area contributed by atoms with Crippen LogP contribution in [0, 0.1) is 11.8 Å². The molecule has 0 aromatic rings. The smallest absolute Gasteiger partial charge is 0.0126 e. The molecule has 3 heteroatoms. The molecule has 1 aliphatic carbocycles. The second-order valence-corrected chi connectivity index (χ2v) is 3.53. The summed E-state index contributed by atoms with van der Waals surface area (Å²) in [5.41, 5.74) is 8.32. The zero-order chi connectivity index (χ0) is 8.10. The lowest BCUT2D eigenvalue weighted by molar-refractivity contribution is 0.273. The van der Waals surface area contributed by atoms with Gasteiger partial charge in [-0.15, -0.1) is 0 Å². The number of hydrogen-bond acceptors (Lipinski definition) is 3. The molecule has 0 bridgehead atoms. The Morgan fingerprint density at radius 1 is 1.09 bits per heavy atom. The van der Waals surface area contributed by atoms with E-state index < -0.39 is 0 Å². The molecule has 0 atom stereocenters. The van der Waals surface area contributed by atoms with Crippen molar-refractivity contribution >= 4 is 0 Å². The lowest BCUT2D eigenvalue weighted by atomic mass is 9.82. The molecule has 1 aliphatic rings. The predicted octanol–water partition coefficient (Wildman–Crippen LogP) is 0.215. The van der Waals surface area contributed by atoms with E-state index in [1.165, 1.54) is 25.7 Å². The highest BCUT2D eigenvalue weighted by Gasteiger charge is 2.19. The summed E-state index contributed by atoms with van der Waals surface area (Å²) < 4.78 is 0. The molecule has 66 valence electrons. The van der Waals surface area contributed by atoms with Crippen molar-refractivity contribution in [2.24, 2.45) is 23.4 Å². The van der Waals surface area contributed by atoms with Crippen LogP contribution in [0.4, 0.5) is 0 Å². The van der Waals surface area contributed by atoms with E-state index in [1.54, 1.807) is 0 Å². The van der Waals surface area contributed by atoms with Gasteiger partial charge in [0.15, 0.2) is 0 Å². The standard InChI is InChI=1S/C8H19N3/c9-5-7-1-3-8(4-2-7)6-11-10/h7-8,11H,1-6,9-10H2. The van der Waals surface area contributed by atoms with Crippen LogP contribution in [0.2, 0.25) is 0 Å². The maximum absolute atomic E-state index is 5.58. The van der Waals surface area contributed by atoms with E-state index in [0.717, 1.165) is 24.9 Å². The molecule has 1 saturated carbocycles. The van der Waals surface area contributed by atoms with Crippen LogP contribution in [0.5, 0.6) is 0 Å². The number of rotatable bonds is 3. The molecule has 3 nitrogen and oxygen atoms in total. The summed E-state index contributed by atoms with van der Waals surface area (Å²) in [4.78, 5) is 0. The first-order valence-corrected chi connectivity index (χ1v) is 4.50. The molecular formula is C8H19N3. The van der Waals surface area contributed by atoms with Crippen LogP contribution < -0.4 is 17.0 Å². The summed E-state index contributed by atoms with van der Waals surface area (Å²) in [5, 5.41) is 0. The molecule has 0 heterocycles. The summed E-state index contributed by atoms with van der Waals surface area (Å²) in [6, 6.07) is 0. The van der Waals surface area contributed by atoms with Crippen molar-refractivity contribution in [3.8, 4) is 0 Å². The van der Waals surface area contributed by atoms with Gasteiger partial charge >= 0.3 is 0 Å². The predicted molar refractivity (Wildman–Crippen MR) is 46.7 cm³/mol. The van der Waals surface area contributed by atoms with E-state index >= 15 is 0 Å². The third-order valence-corrected chi connectivity index (χ3v) is 2.71. The van der Waals surface area contributed by atoms with Gasteiger partial charge in [-0.25, -0.2) is 0 Å². The van der Waals surface area contributed by atoms with Crippen molar-refractivity contribution < 1.29 is 0 Å². The third-order valence-electron chi connectivity index (χ3n) is 2.71. The van der Waals surface area contributed by atoms with Crippen LogP contribution in [0.15, 0.2) is 0 Å². The first-order valence-electron chi connectivity index (χ1n) is 4.50. The van der Waals surface area contributed by atoms with Gasteiger partial charge in [0.2, 0.25) is 0 Å². The molecule has 0 amide bonds. The van der Waals surface area contributed by atoms with E-state index in [9.17, 15) is 0 Å². The number of nitrogens with two attached hydrogens (primary N) is 2. The van der Waals surface area contributed by atoms with Crippen molar-refractivity contribution in [3.63, 3.8) is 0 Å². The zero-order valence-electron chi connectivity index (χ0n) is 7.05. The van der Waals surface area contributed by atoms with Gasteiger partial charge in [0.1, 0.15) is 0 Å². The van der Waals surface area contributed by atoms with Gasteiger partial charge in [0, 0.05) is 6.54 Å². The first-order chi connectivity index (χ1) is 5.36. The molecule has 1 rings (SSSR count). The summed E-state index contributed by atoms with van der Waals surface area (Å²) >= 11 is 0. The minimum Gasteiger partial charge on any atom is -0.330 e. The second-order valence-electron chi connectivity index (χ2n) is 3.53. The number of hydrazine groups is 1. The summed E-state index contributed by atoms with van der Waals surface area (Å²) in [6.45, 7) is 1.83. The molecule has 0 spiro atoms. The lowest BCUT2D eigenvalue weighted by Crippen LogP contribution is -2.32. The molecular weight excluding hydrogens is 138 g/mol. The van der Waals surface area contributed by atoms with Crippen LogP contribution in [0.3, 0.4) is 0 Å². The van der Waals surface area contributed by atoms with Gasteiger partial charge in [-0.2, -0.15) is 0 Å². The maximum atomic E-state index is 5.58. The molecule has 1 fully saturated rings. The van der Waals surface area contributed by atoms with Crippen LogP contribution in [0.25, 0.3) is 0 Å². The van der Waals surface area contributed by atoms with Crippen LogP contribution in [0.1, 0.15) is 25.7 Å². The highest BCUT2D eigenvalue weighted by Crippen LogP contribution is 2.27. The Morgan fingerprint density at radius 2 is 1.64 bits per heavy atom. The summed E-state index contributed by atoms with van der Waals surface area (Å²) in [6.07, 6.45) is 5.18. The van der Waals surface area contributed by atoms with E-state index in [4.69, 9.17) is 11.6 Å². The third kappa shape index (κ3) is 2.77. The normalized spacial score (nSPS) is 32.2. The zero-order valence-corrected chi connectivity index (χ0v) is 7.05. The fourth-order valence-corrected chi connectivity index (χ4v) is 1.84. The van der Waals surface area contributed by atoms with Crippen LogP contribution >= 0.6 is 0 Å². The van der Waals surface area contributed by atoms with Crippen molar-refractivity contribution in [2.75, 3.05) is 13.1 Å². The Balaban J connectivity index is 2.14. The average molecular weight is 157 g/mol. The second kappa shape index (κ2) is 4.70. The monoisotopic (exact) mass is 157 g/mol. The van der Waals surface area contributed by atoms with Gasteiger partial charge in [0.25, 0.3) is 0 Å². The Labute approximate surface area is 68.5 Å². The minimum atomic E-state index is 0.782. The summed E-state index contributed by atoms with van der Waals surface area (Å²) in [5.74, 6) is 6.83. The molecule has 0 radical (unpaired) electrons. The molecule has 5 N–H and O–H groups in total. The van der Waals surface area contributed by atoms with Crippen molar-refractivity contribution in [2.45, 2.75) is 25.7 Å². The van der Waals surface area contributed by atoms with Crippen LogP contribution in [-0.2, 0) is 0 Å². The van der Waals surface area contributed by atoms with Gasteiger partial charge in [-0.05, 0) is 44.1 Å². The van der Waals surface area contributed by atoms with Crippen molar-refractivity contribution in [1.29, 1.82) is 0 Å².